The Morgan fingerprint density at radius 1 is 0.361 bits per heavy atom. The molecular formula is C68H50N2O2. The van der Waals surface area contributed by atoms with E-state index in [1.807, 2.05) is 0 Å². The number of aromatic nitrogens is 1. The summed E-state index contributed by atoms with van der Waals surface area (Å²) >= 11 is 0. The summed E-state index contributed by atoms with van der Waals surface area (Å²) in [7, 11) is 0. The maximum Gasteiger partial charge on any atom is 0.128 e. The maximum atomic E-state index is 6.81. The number of fused-ring (bicyclic) bond motifs is 8. The topological polar surface area (TPSA) is 26.6 Å². The van der Waals surface area contributed by atoms with Crippen molar-refractivity contribution in [1.29, 1.82) is 0 Å². The molecule has 0 spiro atoms. The second-order valence-corrected chi connectivity index (χ2v) is 19.6. The van der Waals surface area contributed by atoms with Gasteiger partial charge in [-0.1, -0.05) is 158 Å². The number of benzene rings is 11. The molecule has 0 amide bonds. The normalized spacial score (nSPS) is 14.7. The van der Waals surface area contributed by atoms with Crippen molar-refractivity contribution >= 4 is 60.4 Å². The molecule has 0 saturated carbocycles. The highest BCUT2D eigenvalue weighted by atomic mass is 16.5. The van der Waals surface area contributed by atoms with Crippen molar-refractivity contribution < 1.29 is 9.47 Å². The number of anilines is 3. The van der Waals surface area contributed by atoms with E-state index < -0.39 is 0 Å². The van der Waals surface area contributed by atoms with Crippen molar-refractivity contribution in [1.82, 2.24) is 4.57 Å². The van der Waals surface area contributed by atoms with Gasteiger partial charge in [0.2, 0.25) is 0 Å². The first-order valence-electron chi connectivity index (χ1n) is 25.1. The summed E-state index contributed by atoms with van der Waals surface area (Å²) in [5, 5.41) is 7.54. The smallest absolute Gasteiger partial charge is 0.128 e. The summed E-state index contributed by atoms with van der Waals surface area (Å²) < 4.78 is 16.0. The van der Waals surface area contributed by atoms with Crippen molar-refractivity contribution in [3.63, 3.8) is 0 Å². The molecule has 4 heteroatoms. The molecule has 2 unspecified atom stereocenters. The lowest BCUT2D eigenvalue weighted by Crippen LogP contribution is -2.23. The summed E-state index contributed by atoms with van der Waals surface area (Å²) in [6.07, 6.45) is 1.81. The Morgan fingerprint density at radius 2 is 0.847 bits per heavy atom. The SMILES string of the molecule is Cc1c(C)c2cc(N(c3ccc(-c4ccccc4)cc3)c3ccc(-c4ccc5c(c4)c4ccccc4n5-c4cc(OC5Cc6ccccc65)cc(OC5Cc6ccccc65)c4)cc3)ccc2c2ccccc12. The van der Waals surface area contributed by atoms with Gasteiger partial charge in [0.15, 0.2) is 0 Å². The number of hydrogen-bond acceptors (Lipinski definition) is 3. The zero-order chi connectivity index (χ0) is 47.9. The molecular weight excluding hydrogens is 877 g/mol. The van der Waals surface area contributed by atoms with E-state index in [-0.39, 0.29) is 12.2 Å². The first-order valence-corrected chi connectivity index (χ1v) is 25.1. The Bertz CT molecular complexity index is 4000. The highest BCUT2D eigenvalue weighted by molar-refractivity contribution is 6.12. The zero-order valence-electron chi connectivity index (χ0n) is 40.2. The third-order valence-corrected chi connectivity index (χ3v) is 15.5. The number of nitrogens with zero attached hydrogens (tertiary/aromatic N) is 2. The van der Waals surface area contributed by atoms with Crippen molar-refractivity contribution in [2.24, 2.45) is 0 Å². The minimum absolute atomic E-state index is 0.00915. The van der Waals surface area contributed by atoms with E-state index in [2.05, 4.69) is 254 Å². The summed E-state index contributed by atoms with van der Waals surface area (Å²) in [6.45, 7) is 4.51. The average Bonchev–Trinajstić information content (AvgIpc) is 3.75. The molecule has 0 aliphatic heterocycles. The van der Waals surface area contributed by atoms with Gasteiger partial charge in [0, 0.05) is 58.9 Å². The minimum Gasteiger partial charge on any atom is -0.485 e. The molecule has 11 aromatic carbocycles. The third kappa shape index (κ3) is 7.05. The van der Waals surface area contributed by atoms with E-state index in [1.165, 1.54) is 76.8 Å². The first-order chi connectivity index (χ1) is 35.5. The molecule has 4 nitrogen and oxygen atoms in total. The predicted octanol–water partition coefficient (Wildman–Crippen LogP) is 17.9. The maximum absolute atomic E-state index is 6.81. The van der Waals surface area contributed by atoms with Crippen LogP contribution in [0, 0.1) is 13.8 Å². The van der Waals surface area contributed by atoms with Gasteiger partial charge in [0.25, 0.3) is 0 Å². The standard InChI is InChI=1S/C68H50N2O2/c1-43-44(2)63-41-53(33-34-61(63)60-21-11-10-18-57(43)60)69(51-29-24-46(25-30-51)45-14-4-3-5-15-45)52-31-26-47(27-32-52)48-28-35-66-64(36-48)62-22-12-13-23-65(62)70(66)54-39-55(71-67-37-49-16-6-8-19-58(49)67)42-56(40-54)72-68-38-50-17-7-9-20-59(50)68/h3-36,39-42,67-68H,37-38H2,1-2H3. The lowest BCUT2D eigenvalue weighted by molar-refractivity contribution is 0.170. The van der Waals surface area contributed by atoms with Crippen LogP contribution in [0.4, 0.5) is 17.1 Å². The molecule has 2 aliphatic carbocycles. The van der Waals surface area contributed by atoms with E-state index in [0.717, 1.165) is 69.3 Å². The number of aryl methyl sites for hydroxylation is 2. The number of rotatable bonds is 10. The lowest BCUT2D eigenvalue weighted by Gasteiger charge is -2.32. The highest BCUT2D eigenvalue weighted by Crippen LogP contribution is 2.45. The predicted molar refractivity (Wildman–Crippen MR) is 298 cm³/mol. The van der Waals surface area contributed by atoms with Gasteiger partial charge in [-0.2, -0.15) is 0 Å². The van der Waals surface area contributed by atoms with Crippen LogP contribution in [0.25, 0.3) is 71.3 Å². The quantitative estimate of drug-likeness (QED) is 0.128. The van der Waals surface area contributed by atoms with Crippen LogP contribution in [0.1, 0.15) is 45.6 Å². The Morgan fingerprint density at radius 3 is 1.50 bits per heavy atom. The molecule has 12 aromatic rings. The van der Waals surface area contributed by atoms with Crippen LogP contribution in [-0.4, -0.2) is 4.57 Å². The van der Waals surface area contributed by atoms with E-state index in [0.29, 0.717) is 0 Å². The monoisotopic (exact) mass is 926 g/mol. The van der Waals surface area contributed by atoms with Crippen LogP contribution >= 0.6 is 0 Å². The van der Waals surface area contributed by atoms with Gasteiger partial charge in [-0.15, -0.1) is 0 Å². The van der Waals surface area contributed by atoms with Gasteiger partial charge >= 0.3 is 0 Å². The van der Waals surface area contributed by atoms with Gasteiger partial charge < -0.3 is 18.9 Å². The summed E-state index contributed by atoms with van der Waals surface area (Å²) in [4.78, 5) is 2.39. The molecule has 72 heavy (non-hydrogen) atoms. The fraction of sp³-hybridized carbons (Fsp3) is 0.0882. The average molecular weight is 927 g/mol. The number of hydrogen-bond donors (Lipinski definition) is 0. The molecule has 14 rings (SSSR count). The summed E-state index contributed by atoms with van der Waals surface area (Å²) in [6, 6.07) is 83.7. The van der Waals surface area contributed by atoms with Crippen molar-refractivity contribution in [2.75, 3.05) is 4.90 Å². The molecule has 0 bridgehead atoms. The van der Waals surface area contributed by atoms with Crippen molar-refractivity contribution in [3.05, 3.63) is 264 Å². The fourth-order valence-corrected chi connectivity index (χ4v) is 11.6. The molecule has 0 fully saturated rings. The minimum atomic E-state index is 0.00915. The van der Waals surface area contributed by atoms with Gasteiger partial charge in [0.1, 0.15) is 23.7 Å². The van der Waals surface area contributed by atoms with Crippen LogP contribution in [0.2, 0.25) is 0 Å². The molecule has 344 valence electrons. The highest BCUT2D eigenvalue weighted by Gasteiger charge is 2.30. The van der Waals surface area contributed by atoms with E-state index in [1.54, 1.807) is 0 Å². The molecule has 0 N–H and O–H groups in total. The van der Waals surface area contributed by atoms with Gasteiger partial charge in [0.05, 0.1) is 16.7 Å². The number of ether oxygens (including phenoxy) is 2. The Hall–Kier alpha value is -8.86. The second kappa shape index (κ2) is 16.9. The molecule has 0 saturated heterocycles. The summed E-state index contributed by atoms with van der Waals surface area (Å²) in [5.41, 5.74) is 19.1. The molecule has 2 aliphatic rings. The van der Waals surface area contributed by atoms with E-state index in [4.69, 9.17) is 9.47 Å². The van der Waals surface area contributed by atoms with Gasteiger partial charge in [-0.3, -0.25) is 0 Å². The first kappa shape index (κ1) is 42.1. The van der Waals surface area contributed by atoms with Crippen LogP contribution in [0.15, 0.2) is 231 Å². The van der Waals surface area contributed by atoms with E-state index in [9.17, 15) is 0 Å². The van der Waals surface area contributed by atoms with Crippen LogP contribution in [0.5, 0.6) is 11.5 Å². The molecule has 2 atom stereocenters. The third-order valence-electron chi connectivity index (χ3n) is 15.5. The van der Waals surface area contributed by atoms with Gasteiger partial charge in [-0.05, 0) is 146 Å². The van der Waals surface area contributed by atoms with Crippen LogP contribution in [0.3, 0.4) is 0 Å². The second-order valence-electron chi connectivity index (χ2n) is 19.6. The summed E-state index contributed by atoms with van der Waals surface area (Å²) in [5.74, 6) is 1.61. The molecule has 1 aromatic heterocycles. The number of para-hydroxylation sites is 1. The Balaban J connectivity index is 0.845. The zero-order valence-corrected chi connectivity index (χ0v) is 40.2. The fourth-order valence-electron chi connectivity index (χ4n) is 11.6. The largest absolute Gasteiger partial charge is 0.485 e. The Kier molecular flexibility index (Phi) is 9.89. The Labute approximate surface area is 419 Å². The lowest BCUT2D eigenvalue weighted by atomic mass is 9.85. The molecule has 1 heterocycles. The van der Waals surface area contributed by atoms with E-state index >= 15 is 0 Å². The molecule has 0 radical (unpaired) electrons. The van der Waals surface area contributed by atoms with Gasteiger partial charge in [-0.25, -0.2) is 0 Å². The van der Waals surface area contributed by atoms with Crippen LogP contribution in [-0.2, 0) is 12.8 Å². The van der Waals surface area contributed by atoms with Crippen molar-refractivity contribution in [2.45, 2.75) is 38.9 Å². The van der Waals surface area contributed by atoms with Crippen molar-refractivity contribution in [3.8, 4) is 39.4 Å². The van der Waals surface area contributed by atoms with Crippen LogP contribution < -0.4 is 14.4 Å².